The lowest BCUT2D eigenvalue weighted by molar-refractivity contribution is -0.119. The van der Waals surface area contributed by atoms with Crippen LogP contribution in [0.5, 0.6) is 11.5 Å². The molecule has 1 aromatic heterocycles. The molecule has 2 rings (SSSR count). The van der Waals surface area contributed by atoms with Gasteiger partial charge in [-0.15, -0.1) is 0 Å². The second-order valence-corrected chi connectivity index (χ2v) is 6.05. The lowest BCUT2D eigenvalue weighted by atomic mass is 10.2. The van der Waals surface area contributed by atoms with Crippen LogP contribution in [0.4, 0.5) is 5.82 Å². The van der Waals surface area contributed by atoms with E-state index < -0.39 is 18.5 Å². The molecule has 0 unspecified atom stereocenters. The molecular weight excluding hydrogens is 376 g/mol. The van der Waals surface area contributed by atoms with E-state index >= 15 is 0 Å². The number of hydrogen-bond acceptors (Lipinski definition) is 7. The summed E-state index contributed by atoms with van der Waals surface area (Å²) in [5.74, 6) is 0.199. The number of halogens is 1. The molecule has 27 heavy (non-hydrogen) atoms. The molecule has 146 valence electrons. The third-order valence-electron chi connectivity index (χ3n) is 3.44. The first-order chi connectivity index (χ1) is 12.9. The summed E-state index contributed by atoms with van der Waals surface area (Å²) in [5, 5.41) is 6.29. The van der Waals surface area contributed by atoms with Gasteiger partial charge in [-0.25, -0.2) is 4.79 Å². The summed E-state index contributed by atoms with van der Waals surface area (Å²) in [6, 6.07) is 4.41. The van der Waals surface area contributed by atoms with E-state index in [0.717, 1.165) is 12.8 Å². The second-order valence-electron chi connectivity index (χ2n) is 5.64. The van der Waals surface area contributed by atoms with Crippen LogP contribution in [0.25, 0.3) is 0 Å². The lowest BCUT2D eigenvalue weighted by Crippen LogP contribution is -2.21. The Morgan fingerprint density at radius 3 is 2.70 bits per heavy atom. The summed E-state index contributed by atoms with van der Waals surface area (Å²) in [6.45, 7) is 3.73. The zero-order valence-corrected chi connectivity index (χ0v) is 16.1. The smallest absolute Gasteiger partial charge is 0.338 e. The fourth-order valence-electron chi connectivity index (χ4n) is 2.12. The zero-order valence-electron chi connectivity index (χ0n) is 15.3. The number of anilines is 1. The third-order valence-corrected chi connectivity index (χ3v) is 3.72. The number of aryl methyl sites for hydroxylation is 1. The normalized spacial score (nSPS) is 10.4. The van der Waals surface area contributed by atoms with Crippen molar-refractivity contribution in [2.45, 2.75) is 26.7 Å². The van der Waals surface area contributed by atoms with E-state index in [2.05, 4.69) is 10.5 Å². The molecule has 0 aliphatic heterocycles. The average Bonchev–Trinajstić information content (AvgIpc) is 3.05. The summed E-state index contributed by atoms with van der Waals surface area (Å²) < 4.78 is 20.7. The number of carbonyl (C=O) groups excluding carboxylic acids is 2. The molecular formula is C18H21ClN2O6. The van der Waals surface area contributed by atoms with Crippen molar-refractivity contribution < 1.29 is 28.3 Å². The number of unbranched alkanes of at least 4 members (excludes halogenated alkanes) is 1. The number of carbonyl (C=O) groups is 2. The van der Waals surface area contributed by atoms with Gasteiger partial charge in [0.15, 0.2) is 23.9 Å². The van der Waals surface area contributed by atoms with Crippen LogP contribution in [-0.4, -0.2) is 37.4 Å². The van der Waals surface area contributed by atoms with Gasteiger partial charge in [0.2, 0.25) is 0 Å². The van der Waals surface area contributed by atoms with Gasteiger partial charge < -0.3 is 24.1 Å². The largest absolute Gasteiger partial charge is 0.493 e. The molecule has 0 atom stereocenters. The molecule has 1 N–H and O–H groups in total. The maximum absolute atomic E-state index is 12.2. The summed E-state index contributed by atoms with van der Waals surface area (Å²) in [5.41, 5.74) is 0.143. The number of rotatable bonds is 9. The highest BCUT2D eigenvalue weighted by molar-refractivity contribution is 6.32. The van der Waals surface area contributed by atoms with Gasteiger partial charge in [-0.1, -0.05) is 30.1 Å². The van der Waals surface area contributed by atoms with Gasteiger partial charge in [0, 0.05) is 6.07 Å². The van der Waals surface area contributed by atoms with Crippen molar-refractivity contribution in [1.29, 1.82) is 0 Å². The zero-order chi connectivity index (χ0) is 19.8. The molecule has 0 aliphatic carbocycles. The molecule has 9 heteroatoms. The summed E-state index contributed by atoms with van der Waals surface area (Å²) in [7, 11) is 1.45. The number of nitrogens with one attached hydrogen (secondary N) is 1. The molecule has 0 fully saturated rings. The molecule has 1 heterocycles. The van der Waals surface area contributed by atoms with E-state index in [0.29, 0.717) is 23.9 Å². The topological polar surface area (TPSA) is 99.9 Å². The van der Waals surface area contributed by atoms with Crippen molar-refractivity contribution in [1.82, 2.24) is 5.16 Å². The van der Waals surface area contributed by atoms with Gasteiger partial charge in [-0.05, 0) is 25.5 Å². The Labute approximate surface area is 161 Å². The molecule has 0 saturated carbocycles. The van der Waals surface area contributed by atoms with Crippen LogP contribution in [0, 0.1) is 6.92 Å². The van der Waals surface area contributed by atoms with Gasteiger partial charge in [0.05, 0.1) is 24.3 Å². The Kier molecular flexibility index (Phi) is 7.48. The van der Waals surface area contributed by atoms with Crippen molar-refractivity contribution in [3.8, 4) is 11.5 Å². The predicted octanol–water partition coefficient (Wildman–Crippen LogP) is 3.62. The molecule has 0 bridgehead atoms. The number of benzene rings is 1. The highest BCUT2D eigenvalue weighted by Crippen LogP contribution is 2.36. The van der Waals surface area contributed by atoms with Crippen molar-refractivity contribution in [2.24, 2.45) is 0 Å². The van der Waals surface area contributed by atoms with Crippen LogP contribution in [0.2, 0.25) is 5.02 Å². The minimum absolute atomic E-state index is 0.143. The van der Waals surface area contributed by atoms with Gasteiger partial charge >= 0.3 is 5.97 Å². The Balaban J connectivity index is 1.98. The molecule has 0 saturated heterocycles. The van der Waals surface area contributed by atoms with Crippen LogP contribution in [0.3, 0.4) is 0 Å². The van der Waals surface area contributed by atoms with Crippen molar-refractivity contribution in [3.05, 3.63) is 34.5 Å². The van der Waals surface area contributed by atoms with E-state index in [1.54, 1.807) is 13.0 Å². The number of esters is 1. The minimum atomic E-state index is -0.721. The molecule has 1 aromatic carbocycles. The van der Waals surface area contributed by atoms with E-state index in [4.69, 9.17) is 30.3 Å². The molecule has 1 amide bonds. The fraction of sp³-hybridized carbons (Fsp3) is 0.389. The quantitative estimate of drug-likeness (QED) is 0.510. The first-order valence-electron chi connectivity index (χ1n) is 8.35. The van der Waals surface area contributed by atoms with Gasteiger partial charge in [-0.3, -0.25) is 4.79 Å². The Hall–Kier alpha value is -2.74. The van der Waals surface area contributed by atoms with E-state index in [1.807, 2.05) is 6.92 Å². The standard InChI is InChI=1S/C18H21ClN2O6/c1-4-5-6-25-17-13(19)8-12(9-14(17)24-3)18(23)26-10-16(22)20-15-7-11(2)27-21-15/h7-9H,4-6,10H2,1-3H3,(H,20,21,22). The van der Waals surface area contributed by atoms with Crippen LogP contribution in [0.15, 0.2) is 22.7 Å². The number of nitrogens with zero attached hydrogens (tertiary/aromatic N) is 1. The SMILES string of the molecule is CCCCOc1c(Cl)cc(C(=O)OCC(=O)Nc2cc(C)on2)cc1OC. The fourth-order valence-corrected chi connectivity index (χ4v) is 2.38. The Morgan fingerprint density at radius 2 is 2.07 bits per heavy atom. The van der Waals surface area contributed by atoms with E-state index in [9.17, 15) is 9.59 Å². The molecule has 0 spiro atoms. The van der Waals surface area contributed by atoms with Crippen molar-refractivity contribution in [3.63, 3.8) is 0 Å². The number of ether oxygens (including phenoxy) is 3. The van der Waals surface area contributed by atoms with Crippen molar-refractivity contribution >= 4 is 29.3 Å². The van der Waals surface area contributed by atoms with Crippen LogP contribution in [0.1, 0.15) is 35.9 Å². The first-order valence-corrected chi connectivity index (χ1v) is 8.73. The number of amides is 1. The van der Waals surface area contributed by atoms with Gasteiger partial charge in [0.25, 0.3) is 5.91 Å². The highest BCUT2D eigenvalue weighted by Gasteiger charge is 2.18. The monoisotopic (exact) mass is 396 g/mol. The number of aromatic nitrogens is 1. The minimum Gasteiger partial charge on any atom is -0.493 e. The summed E-state index contributed by atoms with van der Waals surface area (Å²) in [4.78, 5) is 24.0. The first kappa shape index (κ1) is 20.6. The van der Waals surface area contributed by atoms with E-state index in [1.165, 1.54) is 19.2 Å². The molecule has 0 radical (unpaired) electrons. The Morgan fingerprint density at radius 1 is 1.30 bits per heavy atom. The average molecular weight is 397 g/mol. The molecule has 8 nitrogen and oxygen atoms in total. The van der Waals surface area contributed by atoms with Crippen LogP contribution < -0.4 is 14.8 Å². The predicted molar refractivity (Wildman–Crippen MR) is 98.6 cm³/mol. The summed E-state index contributed by atoms with van der Waals surface area (Å²) in [6.07, 6.45) is 1.84. The number of methoxy groups -OCH3 is 1. The third kappa shape index (κ3) is 5.89. The Bertz CT molecular complexity index is 805. The van der Waals surface area contributed by atoms with Gasteiger partial charge in [0.1, 0.15) is 5.76 Å². The molecule has 0 aliphatic rings. The number of hydrogen-bond donors (Lipinski definition) is 1. The maximum Gasteiger partial charge on any atom is 0.338 e. The molecule has 2 aromatic rings. The van der Waals surface area contributed by atoms with E-state index in [-0.39, 0.29) is 16.4 Å². The van der Waals surface area contributed by atoms with Crippen molar-refractivity contribution in [2.75, 3.05) is 25.6 Å². The second kappa shape index (κ2) is 9.82. The van der Waals surface area contributed by atoms with Crippen LogP contribution >= 0.6 is 11.6 Å². The lowest BCUT2D eigenvalue weighted by Gasteiger charge is -2.13. The maximum atomic E-state index is 12.2. The van der Waals surface area contributed by atoms with Crippen LogP contribution in [-0.2, 0) is 9.53 Å². The highest BCUT2D eigenvalue weighted by atomic mass is 35.5. The van der Waals surface area contributed by atoms with Gasteiger partial charge in [-0.2, -0.15) is 0 Å². The summed E-state index contributed by atoms with van der Waals surface area (Å²) >= 11 is 6.20.